The van der Waals surface area contributed by atoms with Crippen LogP contribution in [0.15, 0.2) is 18.2 Å². The van der Waals surface area contributed by atoms with Crippen LogP contribution in [0.1, 0.15) is 54.5 Å². The van der Waals surface area contributed by atoms with Crippen molar-refractivity contribution in [1.82, 2.24) is 0 Å². The molecule has 1 aromatic rings. The number of alkyl halides is 1. The van der Waals surface area contributed by atoms with E-state index in [2.05, 4.69) is 34.1 Å². The van der Waals surface area contributed by atoms with Crippen LogP contribution in [0.4, 0.5) is 0 Å². The van der Waals surface area contributed by atoms with Crippen molar-refractivity contribution in [2.75, 3.05) is 6.61 Å². The molecular weight excluding hydrogens is 312 g/mol. The lowest BCUT2D eigenvalue weighted by atomic mass is 9.84. The van der Waals surface area contributed by atoms with Crippen molar-refractivity contribution in [3.63, 3.8) is 0 Å². The number of aryl methyl sites for hydroxylation is 1. The Kier molecular flexibility index (Phi) is 3.54. The van der Waals surface area contributed by atoms with Crippen LogP contribution in [-0.2, 0) is 6.42 Å². The van der Waals surface area contributed by atoms with Gasteiger partial charge in [-0.15, -0.1) is 0 Å². The smallest absolute Gasteiger partial charge is 0.122 e. The fourth-order valence-corrected chi connectivity index (χ4v) is 5.41. The van der Waals surface area contributed by atoms with E-state index in [0.29, 0.717) is 4.83 Å². The molecule has 4 rings (SSSR count). The molecule has 0 saturated heterocycles. The van der Waals surface area contributed by atoms with Crippen LogP contribution in [0.3, 0.4) is 0 Å². The zero-order valence-corrected chi connectivity index (χ0v) is 13.6. The number of ether oxygens (including phenoxy) is 1. The molecule has 1 nitrogen and oxygen atoms in total. The normalized spacial score (nSPS) is 32.8. The van der Waals surface area contributed by atoms with Gasteiger partial charge in [0.2, 0.25) is 0 Å². The number of hydrogen-bond acceptors (Lipinski definition) is 1. The van der Waals surface area contributed by atoms with E-state index in [1.54, 1.807) is 0 Å². The molecule has 1 aliphatic heterocycles. The number of halogens is 1. The van der Waals surface area contributed by atoms with Gasteiger partial charge < -0.3 is 4.74 Å². The average molecular weight is 335 g/mol. The fourth-order valence-electron chi connectivity index (χ4n) is 4.64. The van der Waals surface area contributed by atoms with Gasteiger partial charge in [0, 0.05) is 4.83 Å². The highest BCUT2D eigenvalue weighted by atomic mass is 79.9. The molecular formula is C18H23BrO. The van der Waals surface area contributed by atoms with E-state index in [9.17, 15) is 0 Å². The lowest BCUT2D eigenvalue weighted by molar-refractivity contribution is 0.288. The van der Waals surface area contributed by atoms with E-state index in [1.165, 1.54) is 49.7 Å². The minimum Gasteiger partial charge on any atom is -0.493 e. The van der Waals surface area contributed by atoms with Gasteiger partial charge in [-0.1, -0.05) is 34.5 Å². The Bertz CT molecular complexity index is 498. The Hall–Kier alpha value is -0.500. The van der Waals surface area contributed by atoms with Crippen LogP contribution in [-0.4, -0.2) is 6.61 Å². The van der Waals surface area contributed by atoms with Gasteiger partial charge >= 0.3 is 0 Å². The van der Waals surface area contributed by atoms with Gasteiger partial charge in [0.15, 0.2) is 0 Å². The van der Waals surface area contributed by atoms with Crippen molar-refractivity contribution in [2.45, 2.75) is 49.8 Å². The third kappa shape index (κ3) is 2.41. The average Bonchev–Trinajstić information content (AvgIpc) is 3.09. The highest BCUT2D eigenvalue weighted by molar-refractivity contribution is 9.09. The minimum absolute atomic E-state index is 0.527. The van der Waals surface area contributed by atoms with E-state index in [4.69, 9.17) is 4.74 Å². The molecule has 2 aliphatic carbocycles. The third-order valence-corrected chi connectivity index (χ3v) is 6.59. The summed E-state index contributed by atoms with van der Waals surface area (Å²) in [6.45, 7) is 0.884. The highest BCUT2D eigenvalue weighted by Gasteiger charge is 2.40. The van der Waals surface area contributed by atoms with Crippen LogP contribution in [0.25, 0.3) is 0 Å². The summed E-state index contributed by atoms with van der Waals surface area (Å²) in [7, 11) is 0. The summed E-state index contributed by atoms with van der Waals surface area (Å²) < 4.78 is 5.72. The molecule has 1 heterocycles. The minimum atomic E-state index is 0.527. The summed E-state index contributed by atoms with van der Waals surface area (Å²) >= 11 is 3.95. The number of hydrogen-bond donors (Lipinski definition) is 0. The van der Waals surface area contributed by atoms with Crippen molar-refractivity contribution < 1.29 is 4.74 Å². The quantitative estimate of drug-likeness (QED) is 0.684. The molecule has 0 radical (unpaired) electrons. The predicted octanol–water partition coefficient (Wildman–Crippen LogP) is 5.27. The summed E-state index contributed by atoms with van der Waals surface area (Å²) in [5, 5.41) is 0. The molecule has 0 aromatic heterocycles. The lowest BCUT2D eigenvalue weighted by Gasteiger charge is -2.25. The largest absolute Gasteiger partial charge is 0.493 e. The summed E-state index contributed by atoms with van der Waals surface area (Å²) in [6, 6.07) is 6.82. The first kappa shape index (κ1) is 13.2. The number of rotatable bonds is 3. The third-order valence-electron chi connectivity index (χ3n) is 5.69. The molecule has 3 aliphatic rings. The Balaban J connectivity index is 1.46. The molecule has 2 bridgehead atoms. The van der Waals surface area contributed by atoms with E-state index in [1.807, 2.05) is 0 Å². The van der Waals surface area contributed by atoms with Crippen molar-refractivity contribution in [3.8, 4) is 5.75 Å². The van der Waals surface area contributed by atoms with Crippen LogP contribution >= 0.6 is 15.9 Å². The topological polar surface area (TPSA) is 9.23 Å². The van der Waals surface area contributed by atoms with Crippen LogP contribution in [0.2, 0.25) is 0 Å². The zero-order valence-electron chi connectivity index (χ0n) is 12.0. The lowest BCUT2D eigenvalue weighted by Crippen LogP contribution is -2.13. The first-order valence-corrected chi connectivity index (χ1v) is 9.11. The molecule has 20 heavy (non-hydrogen) atoms. The van der Waals surface area contributed by atoms with Gasteiger partial charge in [-0.05, 0) is 73.5 Å². The van der Waals surface area contributed by atoms with Gasteiger partial charge in [0.05, 0.1) is 6.61 Å². The van der Waals surface area contributed by atoms with Gasteiger partial charge in [-0.25, -0.2) is 0 Å². The maximum atomic E-state index is 5.72. The Labute approximate surface area is 130 Å². The maximum absolute atomic E-state index is 5.72. The number of fused-ring (bicyclic) bond motifs is 3. The monoisotopic (exact) mass is 334 g/mol. The SMILES string of the molecule is BrC(CC1CC2CCC1C2)c1ccc2c(c1)CCCO2. The van der Waals surface area contributed by atoms with Crippen molar-refractivity contribution >= 4 is 15.9 Å². The Morgan fingerprint density at radius 1 is 1.25 bits per heavy atom. The van der Waals surface area contributed by atoms with Crippen LogP contribution < -0.4 is 4.74 Å². The predicted molar refractivity (Wildman–Crippen MR) is 85.5 cm³/mol. The van der Waals surface area contributed by atoms with Crippen molar-refractivity contribution in [1.29, 1.82) is 0 Å². The van der Waals surface area contributed by atoms with E-state index < -0.39 is 0 Å². The van der Waals surface area contributed by atoms with Crippen LogP contribution in [0, 0.1) is 17.8 Å². The molecule has 4 unspecified atom stereocenters. The molecule has 1 aromatic carbocycles. The molecule has 0 amide bonds. The standard InChI is InChI=1S/C18H23BrO/c19-17(11-16-9-12-3-4-13(16)8-12)14-5-6-18-15(10-14)2-1-7-20-18/h5-6,10,12-13,16-17H,1-4,7-9,11H2. The van der Waals surface area contributed by atoms with Crippen molar-refractivity contribution in [3.05, 3.63) is 29.3 Å². The summed E-state index contributed by atoms with van der Waals surface area (Å²) in [4.78, 5) is 0.527. The molecule has 2 saturated carbocycles. The second-order valence-corrected chi connectivity index (χ2v) is 8.06. The summed E-state index contributed by atoms with van der Waals surface area (Å²) in [5.74, 6) is 4.16. The molecule has 4 atom stereocenters. The second kappa shape index (κ2) is 5.36. The second-order valence-electron chi connectivity index (χ2n) is 6.96. The van der Waals surface area contributed by atoms with Gasteiger partial charge in [-0.2, -0.15) is 0 Å². The number of benzene rings is 1. The molecule has 0 spiro atoms. The van der Waals surface area contributed by atoms with E-state index in [-0.39, 0.29) is 0 Å². The van der Waals surface area contributed by atoms with Crippen molar-refractivity contribution in [2.24, 2.45) is 17.8 Å². The Morgan fingerprint density at radius 3 is 3.00 bits per heavy atom. The summed E-state index contributed by atoms with van der Waals surface area (Å²) in [6.07, 6.45) is 9.66. The molecule has 108 valence electrons. The van der Waals surface area contributed by atoms with Crippen LogP contribution in [0.5, 0.6) is 5.75 Å². The molecule has 0 N–H and O–H groups in total. The molecule has 2 fully saturated rings. The van der Waals surface area contributed by atoms with Gasteiger partial charge in [0.1, 0.15) is 5.75 Å². The first-order valence-electron chi connectivity index (χ1n) is 8.19. The van der Waals surface area contributed by atoms with Gasteiger partial charge in [0.25, 0.3) is 0 Å². The Morgan fingerprint density at radius 2 is 2.20 bits per heavy atom. The maximum Gasteiger partial charge on any atom is 0.122 e. The first-order chi connectivity index (χ1) is 9.79. The fraction of sp³-hybridized carbons (Fsp3) is 0.667. The summed E-state index contributed by atoms with van der Waals surface area (Å²) in [5.41, 5.74) is 2.86. The highest BCUT2D eigenvalue weighted by Crippen LogP contribution is 2.52. The van der Waals surface area contributed by atoms with E-state index in [0.717, 1.165) is 36.5 Å². The van der Waals surface area contributed by atoms with E-state index >= 15 is 0 Å². The van der Waals surface area contributed by atoms with Gasteiger partial charge in [-0.3, -0.25) is 0 Å². The zero-order chi connectivity index (χ0) is 13.5. The molecule has 2 heteroatoms.